The smallest absolute Gasteiger partial charge is 0.119 e. The normalized spacial score (nSPS) is 13.3. The highest BCUT2D eigenvalue weighted by Gasteiger charge is 2.04. The predicted molar refractivity (Wildman–Crippen MR) is 61.6 cm³/mol. The van der Waals surface area contributed by atoms with Crippen molar-refractivity contribution in [2.45, 2.75) is 46.2 Å². The maximum Gasteiger partial charge on any atom is 0.119 e. The van der Waals surface area contributed by atoms with Gasteiger partial charge in [-0.3, -0.25) is 0 Å². The number of hydrogen-bond donors (Lipinski definition) is 1. The second-order valence-corrected chi connectivity index (χ2v) is 4.39. The first-order valence-corrected chi connectivity index (χ1v) is 5.76. The zero-order chi connectivity index (χ0) is 11.1. The number of aromatic nitrogens is 3. The second-order valence-electron chi connectivity index (χ2n) is 4.39. The van der Waals surface area contributed by atoms with Gasteiger partial charge in [-0.15, -0.1) is 10.2 Å². The average Bonchev–Trinajstić information content (AvgIpc) is 2.69. The quantitative estimate of drug-likeness (QED) is 0.696. The summed E-state index contributed by atoms with van der Waals surface area (Å²) in [5, 5.41) is 11.1. The van der Waals surface area contributed by atoms with E-state index in [2.05, 4.69) is 36.3 Å². The van der Waals surface area contributed by atoms with E-state index in [1.165, 1.54) is 12.8 Å². The average molecular weight is 210 g/mol. The van der Waals surface area contributed by atoms with Gasteiger partial charge in [0.15, 0.2) is 0 Å². The fraction of sp³-hybridized carbons (Fsp3) is 0.818. The standard InChI is InChI=1S/C11H22N4/c1-10(2)11(3)12-6-4-5-7-15-8-13-14-9-15/h8-12H,4-7H2,1-3H3. The fourth-order valence-electron chi connectivity index (χ4n) is 1.32. The van der Waals surface area contributed by atoms with Crippen LogP contribution in [0.15, 0.2) is 12.7 Å². The van der Waals surface area contributed by atoms with Gasteiger partial charge in [-0.2, -0.15) is 0 Å². The number of nitrogens with one attached hydrogen (secondary N) is 1. The van der Waals surface area contributed by atoms with Crippen LogP contribution in [0.4, 0.5) is 0 Å². The van der Waals surface area contributed by atoms with Gasteiger partial charge >= 0.3 is 0 Å². The number of rotatable bonds is 7. The molecule has 0 aliphatic carbocycles. The third-order valence-corrected chi connectivity index (χ3v) is 2.78. The Hall–Kier alpha value is -0.900. The number of nitrogens with zero attached hydrogens (tertiary/aromatic N) is 3. The van der Waals surface area contributed by atoms with Crippen molar-refractivity contribution >= 4 is 0 Å². The first-order valence-electron chi connectivity index (χ1n) is 5.76. The van der Waals surface area contributed by atoms with Gasteiger partial charge in [0, 0.05) is 12.6 Å². The van der Waals surface area contributed by atoms with Crippen molar-refractivity contribution < 1.29 is 0 Å². The maximum absolute atomic E-state index is 3.77. The lowest BCUT2D eigenvalue weighted by molar-refractivity contribution is 0.418. The van der Waals surface area contributed by atoms with Crippen LogP contribution in [0.25, 0.3) is 0 Å². The van der Waals surface area contributed by atoms with Crippen molar-refractivity contribution in [3.8, 4) is 0 Å². The number of aryl methyl sites for hydroxylation is 1. The van der Waals surface area contributed by atoms with E-state index in [4.69, 9.17) is 0 Å². The molecule has 1 atom stereocenters. The third kappa shape index (κ3) is 4.93. The lowest BCUT2D eigenvalue weighted by Gasteiger charge is -2.17. The Labute approximate surface area is 92.1 Å². The topological polar surface area (TPSA) is 42.7 Å². The molecule has 1 unspecified atom stereocenters. The predicted octanol–water partition coefficient (Wildman–Crippen LogP) is 1.69. The molecule has 0 aliphatic rings. The summed E-state index contributed by atoms with van der Waals surface area (Å²) in [4.78, 5) is 0. The van der Waals surface area contributed by atoms with Gasteiger partial charge < -0.3 is 9.88 Å². The van der Waals surface area contributed by atoms with Gasteiger partial charge in [0.25, 0.3) is 0 Å². The third-order valence-electron chi connectivity index (χ3n) is 2.78. The molecule has 0 bridgehead atoms. The van der Waals surface area contributed by atoms with Crippen molar-refractivity contribution in [2.75, 3.05) is 6.54 Å². The summed E-state index contributed by atoms with van der Waals surface area (Å²) >= 11 is 0. The summed E-state index contributed by atoms with van der Waals surface area (Å²) in [5.41, 5.74) is 0. The molecule has 0 radical (unpaired) electrons. The van der Waals surface area contributed by atoms with Crippen molar-refractivity contribution in [1.29, 1.82) is 0 Å². The molecule has 4 heteroatoms. The van der Waals surface area contributed by atoms with Crippen LogP contribution in [0.1, 0.15) is 33.6 Å². The minimum atomic E-state index is 0.611. The van der Waals surface area contributed by atoms with Crippen LogP contribution in [-0.4, -0.2) is 27.4 Å². The highest BCUT2D eigenvalue weighted by Crippen LogP contribution is 2.00. The Morgan fingerprint density at radius 1 is 1.13 bits per heavy atom. The Morgan fingerprint density at radius 2 is 1.80 bits per heavy atom. The molecule has 15 heavy (non-hydrogen) atoms. The molecule has 1 aromatic rings. The van der Waals surface area contributed by atoms with Gasteiger partial charge in [-0.05, 0) is 32.2 Å². The molecule has 4 nitrogen and oxygen atoms in total. The summed E-state index contributed by atoms with van der Waals surface area (Å²) in [6.45, 7) is 8.85. The first-order chi connectivity index (χ1) is 7.20. The molecule has 0 fully saturated rings. The van der Waals surface area contributed by atoms with Gasteiger partial charge in [0.1, 0.15) is 12.7 Å². The lowest BCUT2D eigenvalue weighted by Crippen LogP contribution is -2.31. The van der Waals surface area contributed by atoms with E-state index in [-0.39, 0.29) is 0 Å². The van der Waals surface area contributed by atoms with Crippen LogP contribution in [0.5, 0.6) is 0 Å². The zero-order valence-corrected chi connectivity index (χ0v) is 9.98. The van der Waals surface area contributed by atoms with Gasteiger partial charge in [0.2, 0.25) is 0 Å². The van der Waals surface area contributed by atoms with Crippen LogP contribution in [0.3, 0.4) is 0 Å². The van der Waals surface area contributed by atoms with Crippen LogP contribution in [0.2, 0.25) is 0 Å². The van der Waals surface area contributed by atoms with Crippen LogP contribution < -0.4 is 5.32 Å². The zero-order valence-electron chi connectivity index (χ0n) is 9.98. The maximum atomic E-state index is 3.77. The Bertz CT molecular complexity index is 243. The summed E-state index contributed by atoms with van der Waals surface area (Å²) in [5.74, 6) is 0.711. The molecular weight excluding hydrogens is 188 g/mol. The molecule has 0 saturated carbocycles. The molecular formula is C11H22N4. The van der Waals surface area contributed by atoms with Crippen molar-refractivity contribution in [2.24, 2.45) is 5.92 Å². The van der Waals surface area contributed by atoms with Crippen LogP contribution in [0, 0.1) is 5.92 Å². The van der Waals surface area contributed by atoms with Gasteiger partial charge in [-0.1, -0.05) is 13.8 Å². The van der Waals surface area contributed by atoms with E-state index in [1.807, 2.05) is 4.57 Å². The molecule has 86 valence electrons. The molecule has 0 aromatic carbocycles. The summed E-state index contributed by atoms with van der Waals surface area (Å²) in [6, 6.07) is 0.611. The van der Waals surface area contributed by atoms with Crippen molar-refractivity contribution in [1.82, 2.24) is 20.1 Å². The first kappa shape index (κ1) is 12.2. The molecule has 1 aromatic heterocycles. The lowest BCUT2D eigenvalue weighted by atomic mass is 10.1. The summed E-state index contributed by atoms with van der Waals surface area (Å²) in [6.07, 6.45) is 5.92. The van der Waals surface area contributed by atoms with E-state index in [0.717, 1.165) is 13.1 Å². The largest absolute Gasteiger partial charge is 0.320 e. The highest BCUT2D eigenvalue weighted by atomic mass is 15.2. The molecule has 0 aliphatic heterocycles. The van der Waals surface area contributed by atoms with Gasteiger partial charge in [0.05, 0.1) is 0 Å². The monoisotopic (exact) mass is 210 g/mol. The van der Waals surface area contributed by atoms with Crippen LogP contribution in [-0.2, 0) is 6.54 Å². The minimum absolute atomic E-state index is 0.611. The van der Waals surface area contributed by atoms with E-state index in [0.29, 0.717) is 12.0 Å². The SMILES string of the molecule is CC(C)C(C)NCCCCn1cnnc1. The molecule has 1 rings (SSSR count). The second kappa shape index (κ2) is 6.56. The summed E-state index contributed by atoms with van der Waals surface area (Å²) < 4.78 is 2.02. The summed E-state index contributed by atoms with van der Waals surface area (Å²) in [7, 11) is 0. The Kier molecular flexibility index (Phi) is 5.32. The minimum Gasteiger partial charge on any atom is -0.320 e. The van der Waals surface area contributed by atoms with E-state index < -0.39 is 0 Å². The molecule has 1 N–H and O–H groups in total. The fourth-order valence-corrected chi connectivity index (χ4v) is 1.32. The van der Waals surface area contributed by atoms with Crippen molar-refractivity contribution in [3.63, 3.8) is 0 Å². The van der Waals surface area contributed by atoms with Crippen LogP contribution >= 0.6 is 0 Å². The highest BCUT2D eigenvalue weighted by molar-refractivity contribution is 4.64. The number of unbranched alkanes of at least 4 members (excludes halogenated alkanes) is 1. The molecule has 0 spiro atoms. The van der Waals surface area contributed by atoms with E-state index in [9.17, 15) is 0 Å². The van der Waals surface area contributed by atoms with E-state index >= 15 is 0 Å². The molecule has 0 saturated heterocycles. The number of hydrogen-bond acceptors (Lipinski definition) is 3. The van der Waals surface area contributed by atoms with E-state index in [1.54, 1.807) is 12.7 Å². The Morgan fingerprint density at radius 3 is 2.40 bits per heavy atom. The molecule has 1 heterocycles. The Balaban J connectivity index is 1.98. The van der Waals surface area contributed by atoms with Crippen molar-refractivity contribution in [3.05, 3.63) is 12.7 Å². The van der Waals surface area contributed by atoms with Gasteiger partial charge in [-0.25, -0.2) is 0 Å². The molecule has 0 amide bonds.